The minimum absolute atomic E-state index is 1.04. The molecule has 74 valence electrons. The molecule has 2 unspecified atom stereocenters. The van der Waals surface area contributed by atoms with Crippen LogP contribution in [0.1, 0.15) is 18.4 Å². The minimum Gasteiger partial charge on any atom is -0.299 e. The smallest absolute Gasteiger partial charge is 0.0233 e. The van der Waals surface area contributed by atoms with Crippen LogP contribution < -0.4 is 0 Å². The summed E-state index contributed by atoms with van der Waals surface area (Å²) in [5.41, 5.74) is 1.47. The third kappa shape index (κ3) is 1.46. The van der Waals surface area contributed by atoms with E-state index in [2.05, 4.69) is 35.2 Å². The Hall–Kier alpha value is -0.820. The van der Waals surface area contributed by atoms with Crippen molar-refractivity contribution in [2.45, 2.75) is 19.4 Å². The van der Waals surface area contributed by atoms with Crippen molar-refractivity contribution in [3.05, 3.63) is 35.9 Å². The number of hydrogen-bond acceptors (Lipinski definition) is 1. The molecule has 0 bridgehead atoms. The van der Waals surface area contributed by atoms with Crippen LogP contribution in [0.5, 0.6) is 0 Å². The number of nitrogens with zero attached hydrogens (tertiary/aromatic N) is 1. The summed E-state index contributed by atoms with van der Waals surface area (Å²) in [7, 11) is 0. The lowest BCUT2D eigenvalue weighted by Crippen LogP contribution is -2.22. The second-order valence-corrected chi connectivity index (χ2v) is 4.78. The molecule has 1 aliphatic heterocycles. The Labute approximate surface area is 85.7 Å². The van der Waals surface area contributed by atoms with Crippen molar-refractivity contribution in [2.24, 2.45) is 11.8 Å². The van der Waals surface area contributed by atoms with Gasteiger partial charge in [0.2, 0.25) is 0 Å². The summed E-state index contributed by atoms with van der Waals surface area (Å²) < 4.78 is 0. The van der Waals surface area contributed by atoms with E-state index in [0.29, 0.717) is 0 Å². The highest BCUT2D eigenvalue weighted by Gasteiger charge is 2.38. The molecule has 1 aromatic rings. The van der Waals surface area contributed by atoms with Crippen LogP contribution in [0.3, 0.4) is 0 Å². The number of fused-ring (bicyclic) bond motifs is 1. The first-order chi connectivity index (χ1) is 6.92. The molecule has 1 saturated heterocycles. The number of rotatable bonds is 2. The number of likely N-dealkylation sites (tertiary alicyclic amines) is 1. The van der Waals surface area contributed by atoms with Gasteiger partial charge in [-0.1, -0.05) is 30.3 Å². The molecule has 2 fully saturated rings. The molecule has 1 saturated carbocycles. The Morgan fingerprint density at radius 2 is 1.64 bits per heavy atom. The second kappa shape index (κ2) is 3.39. The third-order valence-corrected chi connectivity index (χ3v) is 3.81. The monoisotopic (exact) mass is 187 g/mol. The van der Waals surface area contributed by atoms with Gasteiger partial charge in [-0.2, -0.15) is 0 Å². The van der Waals surface area contributed by atoms with Gasteiger partial charge < -0.3 is 0 Å². The third-order valence-electron chi connectivity index (χ3n) is 3.81. The second-order valence-electron chi connectivity index (χ2n) is 4.78. The molecule has 14 heavy (non-hydrogen) atoms. The lowest BCUT2D eigenvalue weighted by molar-refractivity contribution is 0.243. The van der Waals surface area contributed by atoms with Crippen molar-refractivity contribution in [3.8, 4) is 0 Å². The molecule has 0 radical (unpaired) electrons. The maximum absolute atomic E-state index is 2.62. The van der Waals surface area contributed by atoms with Crippen LogP contribution in [0, 0.1) is 11.8 Å². The first-order valence-corrected chi connectivity index (χ1v) is 5.68. The fraction of sp³-hybridized carbons (Fsp3) is 0.538. The van der Waals surface area contributed by atoms with Crippen LogP contribution in [0.15, 0.2) is 30.3 Å². The van der Waals surface area contributed by atoms with Crippen LogP contribution in [-0.4, -0.2) is 18.0 Å². The van der Waals surface area contributed by atoms with Crippen LogP contribution >= 0.6 is 0 Å². The van der Waals surface area contributed by atoms with E-state index in [1.807, 2.05) is 0 Å². The van der Waals surface area contributed by atoms with Gasteiger partial charge in [-0.05, 0) is 30.2 Å². The molecule has 1 aromatic carbocycles. The van der Waals surface area contributed by atoms with E-state index < -0.39 is 0 Å². The molecule has 0 amide bonds. The molecule has 2 atom stereocenters. The van der Waals surface area contributed by atoms with E-state index in [1.54, 1.807) is 0 Å². The summed E-state index contributed by atoms with van der Waals surface area (Å²) in [6.07, 6.45) is 2.96. The molecule has 1 aliphatic carbocycles. The summed E-state index contributed by atoms with van der Waals surface area (Å²) in [5.74, 6) is 2.08. The lowest BCUT2D eigenvalue weighted by Gasteiger charge is -2.28. The zero-order valence-corrected chi connectivity index (χ0v) is 8.52. The maximum atomic E-state index is 2.62. The highest BCUT2D eigenvalue weighted by molar-refractivity contribution is 5.14. The molecule has 3 rings (SSSR count). The highest BCUT2D eigenvalue weighted by Crippen LogP contribution is 2.40. The van der Waals surface area contributed by atoms with E-state index in [-0.39, 0.29) is 0 Å². The predicted octanol–water partition coefficient (Wildman–Crippen LogP) is 2.53. The SMILES string of the molecule is c1ccc(CN2CC3CCC3C2)cc1. The van der Waals surface area contributed by atoms with Crippen LogP contribution in [0.2, 0.25) is 0 Å². The van der Waals surface area contributed by atoms with Gasteiger partial charge in [-0.3, -0.25) is 4.90 Å². The van der Waals surface area contributed by atoms with Gasteiger partial charge in [0.15, 0.2) is 0 Å². The van der Waals surface area contributed by atoms with E-state index in [0.717, 1.165) is 18.4 Å². The molecule has 0 spiro atoms. The minimum atomic E-state index is 1.04. The molecular weight excluding hydrogens is 170 g/mol. The van der Waals surface area contributed by atoms with Crippen molar-refractivity contribution in [3.63, 3.8) is 0 Å². The van der Waals surface area contributed by atoms with E-state index >= 15 is 0 Å². The number of hydrogen-bond donors (Lipinski definition) is 0. The molecule has 0 N–H and O–H groups in total. The van der Waals surface area contributed by atoms with E-state index in [9.17, 15) is 0 Å². The van der Waals surface area contributed by atoms with Crippen molar-refractivity contribution < 1.29 is 0 Å². The summed E-state index contributed by atoms with van der Waals surface area (Å²) >= 11 is 0. The summed E-state index contributed by atoms with van der Waals surface area (Å²) in [6.45, 7) is 3.85. The summed E-state index contributed by atoms with van der Waals surface area (Å²) in [4.78, 5) is 2.62. The highest BCUT2D eigenvalue weighted by atomic mass is 15.2. The Morgan fingerprint density at radius 1 is 1.00 bits per heavy atom. The average Bonchev–Trinajstić information content (AvgIpc) is 2.46. The number of benzene rings is 1. The van der Waals surface area contributed by atoms with Crippen LogP contribution in [0.4, 0.5) is 0 Å². The average molecular weight is 187 g/mol. The van der Waals surface area contributed by atoms with Crippen LogP contribution in [0.25, 0.3) is 0 Å². The normalized spacial score (nSPS) is 31.1. The van der Waals surface area contributed by atoms with Crippen molar-refractivity contribution in [1.82, 2.24) is 4.90 Å². The largest absolute Gasteiger partial charge is 0.299 e. The van der Waals surface area contributed by atoms with Gasteiger partial charge in [0, 0.05) is 19.6 Å². The predicted molar refractivity (Wildman–Crippen MR) is 57.9 cm³/mol. The molecular formula is C13H17N. The van der Waals surface area contributed by atoms with E-state index in [1.165, 1.54) is 31.5 Å². The Kier molecular flexibility index (Phi) is 2.06. The topological polar surface area (TPSA) is 3.24 Å². The Morgan fingerprint density at radius 3 is 2.21 bits per heavy atom. The van der Waals surface area contributed by atoms with Crippen molar-refractivity contribution in [1.29, 1.82) is 0 Å². The van der Waals surface area contributed by atoms with Gasteiger partial charge in [-0.25, -0.2) is 0 Å². The molecule has 1 heterocycles. The fourth-order valence-corrected chi connectivity index (χ4v) is 2.83. The molecule has 1 heteroatoms. The quantitative estimate of drug-likeness (QED) is 0.687. The van der Waals surface area contributed by atoms with Gasteiger partial charge in [0.25, 0.3) is 0 Å². The summed E-state index contributed by atoms with van der Waals surface area (Å²) in [5, 5.41) is 0. The first-order valence-electron chi connectivity index (χ1n) is 5.68. The fourth-order valence-electron chi connectivity index (χ4n) is 2.83. The molecule has 2 aliphatic rings. The maximum Gasteiger partial charge on any atom is 0.0233 e. The van der Waals surface area contributed by atoms with Crippen LogP contribution in [-0.2, 0) is 6.54 Å². The molecule has 0 aromatic heterocycles. The Bertz CT molecular complexity index is 294. The zero-order valence-electron chi connectivity index (χ0n) is 8.52. The van der Waals surface area contributed by atoms with Gasteiger partial charge >= 0.3 is 0 Å². The summed E-state index contributed by atoms with van der Waals surface area (Å²) in [6, 6.07) is 10.8. The van der Waals surface area contributed by atoms with Gasteiger partial charge in [0.1, 0.15) is 0 Å². The van der Waals surface area contributed by atoms with E-state index in [4.69, 9.17) is 0 Å². The lowest BCUT2D eigenvalue weighted by atomic mass is 9.77. The van der Waals surface area contributed by atoms with Crippen molar-refractivity contribution >= 4 is 0 Å². The standard InChI is InChI=1S/C13H17N/c1-2-4-11(5-3-1)8-14-9-12-6-7-13(12)10-14/h1-5,12-13H,6-10H2. The molecule has 1 nitrogen and oxygen atoms in total. The van der Waals surface area contributed by atoms with Gasteiger partial charge in [0.05, 0.1) is 0 Å². The van der Waals surface area contributed by atoms with Gasteiger partial charge in [-0.15, -0.1) is 0 Å². The first kappa shape index (κ1) is 8.49. The Balaban J connectivity index is 1.63. The zero-order chi connectivity index (χ0) is 9.38. The van der Waals surface area contributed by atoms with Crippen molar-refractivity contribution in [2.75, 3.05) is 13.1 Å².